The first kappa shape index (κ1) is 16.8. The number of aromatic nitrogens is 2. The highest BCUT2D eigenvalue weighted by Crippen LogP contribution is 2.18. The zero-order valence-electron chi connectivity index (χ0n) is 14.9. The Morgan fingerprint density at radius 1 is 1.20 bits per heavy atom. The van der Waals surface area contributed by atoms with E-state index in [0.29, 0.717) is 23.7 Å². The fourth-order valence-corrected chi connectivity index (χ4v) is 2.68. The summed E-state index contributed by atoms with van der Waals surface area (Å²) in [6.45, 7) is 4.19. The van der Waals surface area contributed by atoms with Crippen LogP contribution in [-0.4, -0.2) is 29.8 Å². The van der Waals surface area contributed by atoms with Crippen molar-refractivity contribution in [3.63, 3.8) is 0 Å². The Morgan fingerprint density at radius 3 is 2.52 bits per heavy atom. The highest BCUT2D eigenvalue weighted by atomic mass is 16.3. The van der Waals surface area contributed by atoms with Crippen molar-refractivity contribution in [2.75, 3.05) is 24.3 Å². The number of benzene rings is 1. The number of hydrogen-bond donors (Lipinski definition) is 1. The van der Waals surface area contributed by atoms with Crippen LogP contribution in [-0.2, 0) is 6.54 Å². The summed E-state index contributed by atoms with van der Waals surface area (Å²) in [6.07, 6.45) is 1.68. The molecule has 130 valence electrons. The van der Waals surface area contributed by atoms with Crippen molar-refractivity contribution in [2.45, 2.75) is 20.4 Å². The predicted molar refractivity (Wildman–Crippen MR) is 98.2 cm³/mol. The van der Waals surface area contributed by atoms with E-state index in [2.05, 4.69) is 39.6 Å². The van der Waals surface area contributed by atoms with Gasteiger partial charge in [0.1, 0.15) is 17.3 Å². The lowest BCUT2D eigenvalue weighted by molar-refractivity contribution is 0.102. The second-order valence-corrected chi connectivity index (χ2v) is 6.22. The molecule has 0 atom stereocenters. The van der Waals surface area contributed by atoms with Gasteiger partial charge in [-0.3, -0.25) is 4.79 Å². The average Bonchev–Trinajstić information content (AvgIpc) is 3.14. The summed E-state index contributed by atoms with van der Waals surface area (Å²) >= 11 is 0. The van der Waals surface area contributed by atoms with Gasteiger partial charge in [-0.1, -0.05) is 12.1 Å². The maximum Gasteiger partial charge on any atom is 0.260 e. The normalized spacial score (nSPS) is 10.7. The van der Waals surface area contributed by atoms with Crippen molar-refractivity contribution in [3.05, 3.63) is 65.2 Å². The van der Waals surface area contributed by atoms with Gasteiger partial charge in [0, 0.05) is 25.8 Å². The van der Waals surface area contributed by atoms with Gasteiger partial charge < -0.3 is 14.6 Å². The van der Waals surface area contributed by atoms with Crippen LogP contribution in [0.25, 0.3) is 0 Å². The zero-order valence-corrected chi connectivity index (χ0v) is 14.9. The molecular formula is C19H22N4O2. The lowest BCUT2D eigenvalue weighted by atomic mass is 10.2. The number of nitrogens with zero attached hydrogens (tertiary/aromatic N) is 3. The molecule has 0 unspecified atom stereocenters. The number of carbonyl (C=O) groups excluding carboxylic acids is 1. The monoisotopic (exact) mass is 338 g/mol. The number of anilines is 2. The summed E-state index contributed by atoms with van der Waals surface area (Å²) in [5.41, 5.74) is 2.80. The molecule has 1 N–H and O–H groups in total. The standard InChI is InChI=1S/C19H22N4O2/c1-13-11-17(14(2)25-13)19(24)21-18-9-10-20-23(18)12-15-5-7-16(8-6-15)22(3)4/h5-11H,12H2,1-4H3,(H,21,24). The first-order valence-electron chi connectivity index (χ1n) is 8.10. The zero-order chi connectivity index (χ0) is 18.0. The molecular weight excluding hydrogens is 316 g/mol. The quantitative estimate of drug-likeness (QED) is 0.774. The van der Waals surface area contributed by atoms with Crippen molar-refractivity contribution in [1.82, 2.24) is 9.78 Å². The molecule has 0 saturated heterocycles. The van der Waals surface area contributed by atoms with Crippen LogP contribution < -0.4 is 10.2 Å². The van der Waals surface area contributed by atoms with Crippen molar-refractivity contribution in [2.24, 2.45) is 0 Å². The van der Waals surface area contributed by atoms with E-state index in [-0.39, 0.29) is 5.91 Å². The number of carbonyl (C=O) groups is 1. The third-order valence-corrected chi connectivity index (χ3v) is 4.03. The van der Waals surface area contributed by atoms with Gasteiger partial charge in [0.15, 0.2) is 0 Å². The van der Waals surface area contributed by atoms with Crippen LogP contribution in [0.1, 0.15) is 27.4 Å². The average molecular weight is 338 g/mol. The largest absolute Gasteiger partial charge is 0.466 e. The molecule has 0 spiro atoms. The molecule has 0 aliphatic rings. The third kappa shape index (κ3) is 3.74. The second kappa shape index (κ2) is 6.84. The van der Waals surface area contributed by atoms with Gasteiger partial charge in [-0.25, -0.2) is 4.68 Å². The second-order valence-electron chi connectivity index (χ2n) is 6.22. The summed E-state index contributed by atoms with van der Waals surface area (Å²) in [5, 5.41) is 7.22. The number of nitrogens with one attached hydrogen (secondary N) is 1. The molecule has 1 aromatic carbocycles. The summed E-state index contributed by atoms with van der Waals surface area (Å²) in [7, 11) is 4.02. The van der Waals surface area contributed by atoms with E-state index in [1.807, 2.05) is 21.0 Å². The third-order valence-electron chi connectivity index (χ3n) is 4.03. The fourth-order valence-electron chi connectivity index (χ4n) is 2.68. The van der Waals surface area contributed by atoms with Gasteiger partial charge >= 0.3 is 0 Å². The number of aryl methyl sites for hydroxylation is 2. The van der Waals surface area contributed by atoms with Crippen LogP contribution in [0.2, 0.25) is 0 Å². The van der Waals surface area contributed by atoms with Gasteiger partial charge in [0.2, 0.25) is 0 Å². The lowest BCUT2D eigenvalue weighted by Gasteiger charge is -2.13. The minimum absolute atomic E-state index is 0.195. The molecule has 0 aliphatic heterocycles. The molecule has 1 amide bonds. The molecule has 3 aromatic rings. The van der Waals surface area contributed by atoms with Crippen molar-refractivity contribution < 1.29 is 9.21 Å². The van der Waals surface area contributed by atoms with Crippen molar-refractivity contribution in [3.8, 4) is 0 Å². The summed E-state index contributed by atoms with van der Waals surface area (Å²) in [4.78, 5) is 14.5. The summed E-state index contributed by atoms with van der Waals surface area (Å²) in [6, 6.07) is 11.8. The van der Waals surface area contributed by atoms with Gasteiger partial charge in [0.05, 0.1) is 18.3 Å². The molecule has 6 nitrogen and oxygen atoms in total. The Bertz CT molecular complexity index is 875. The van der Waals surface area contributed by atoms with Gasteiger partial charge in [-0.15, -0.1) is 0 Å². The number of rotatable bonds is 5. The van der Waals surface area contributed by atoms with Crippen molar-refractivity contribution >= 4 is 17.4 Å². The Kier molecular flexibility index (Phi) is 4.61. The van der Waals surface area contributed by atoms with E-state index in [1.54, 1.807) is 29.9 Å². The van der Waals surface area contributed by atoms with E-state index in [4.69, 9.17) is 4.42 Å². The van der Waals surface area contributed by atoms with Gasteiger partial charge in [-0.05, 0) is 37.6 Å². The molecule has 25 heavy (non-hydrogen) atoms. The van der Waals surface area contributed by atoms with Crippen LogP contribution in [0.5, 0.6) is 0 Å². The van der Waals surface area contributed by atoms with Gasteiger partial charge in [-0.2, -0.15) is 5.10 Å². The molecule has 0 bridgehead atoms. The van der Waals surface area contributed by atoms with Crippen LogP contribution in [0.3, 0.4) is 0 Å². The highest BCUT2D eigenvalue weighted by molar-refractivity contribution is 6.04. The Hall–Kier alpha value is -3.02. The molecule has 3 rings (SSSR count). The van der Waals surface area contributed by atoms with E-state index in [9.17, 15) is 4.79 Å². The van der Waals surface area contributed by atoms with E-state index < -0.39 is 0 Å². The fraction of sp³-hybridized carbons (Fsp3) is 0.263. The van der Waals surface area contributed by atoms with E-state index in [0.717, 1.165) is 17.0 Å². The molecule has 6 heteroatoms. The molecule has 0 fully saturated rings. The maximum absolute atomic E-state index is 12.5. The minimum atomic E-state index is -0.195. The number of hydrogen-bond acceptors (Lipinski definition) is 4. The topological polar surface area (TPSA) is 63.3 Å². The smallest absolute Gasteiger partial charge is 0.260 e. The summed E-state index contributed by atoms with van der Waals surface area (Å²) in [5.74, 6) is 1.79. The Balaban J connectivity index is 1.74. The van der Waals surface area contributed by atoms with E-state index in [1.165, 1.54) is 0 Å². The van der Waals surface area contributed by atoms with Crippen LogP contribution in [0.15, 0.2) is 47.0 Å². The maximum atomic E-state index is 12.5. The number of furan rings is 1. The SMILES string of the molecule is Cc1cc(C(=O)Nc2ccnn2Cc2ccc(N(C)C)cc2)c(C)o1. The van der Waals surface area contributed by atoms with Crippen molar-refractivity contribution in [1.29, 1.82) is 0 Å². The molecule has 2 aromatic heterocycles. The lowest BCUT2D eigenvalue weighted by Crippen LogP contribution is -2.16. The Morgan fingerprint density at radius 2 is 1.92 bits per heavy atom. The van der Waals surface area contributed by atoms with Crippen LogP contribution >= 0.6 is 0 Å². The highest BCUT2D eigenvalue weighted by Gasteiger charge is 2.15. The molecule has 0 aliphatic carbocycles. The predicted octanol–water partition coefficient (Wildman–Crippen LogP) is 3.46. The van der Waals surface area contributed by atoms with E-state index >= 15 is 0 Å². The van der Waals surface area contributed by atoms with Crippen LogP contribution in [0.4, 0.5) is 11.5 Å². The summed E-state index contributed by atoms with van der Waals surface area (Å²) < 4.78 is 7.19. The first-order valence-corrected chi connectivity index (χ1v) is 8.10. The molecule has 2 heterocycles. The first-order chi connectivity index (χ1) is 11.9. The molecule has 0 saturated carbocycles. The van der Waals surface area contributed by atoms with Gasteiger partial charge in [0.25, 0.3) is 5.91 Å². The minimum Gasteiger partial charge on any atom is -0.466 e. The molecule has 0 radical (unpaired) electrons. The Labute approximate surface area is 147 Å². The number of amides is 1. The van der Waals surface area contributed by atoms with Crippen LogP contribution in [0, 0.1) is 13.8 Å².